The van der Waals surface area contributed by atoms with Crippen LogP contribution in [0, 0.1) is 0 Å². The molecule has 2 aliphatic heterocycles. The molecule has 132 valence electrons. The largest absolute Gasteiger partial charge is 0.488 e. The van der Waals surface area contributed by atoms with Crippen molar-refractivity contribution < 1.29 is 19.1 Å². The van der Waals surface area contributed by atoms with Crippen LogP contribution in [0.25, 0.3) is 0 Å². The van der Waals surface area contributed by atoms with Gasteiger partial charge >= 0.3 is 0 Å². The molecule has 7 nitrogen and oxygen atoms in total. The highest BCUT2D eigenvalue weighted by molar-refractivity contribution is 5.98. The lowest BCUT2D eigenvalue weighted by molar-refractivity contribution is -0.143. The summed E-state index contributed by atoms with van der Waals surface area (Å²) in [6.07, 6.45) is 0.415. The summed E-state index contributed by atoms with van der Waals surface area (Å²) in [6.45, 7) is 6.33. The number of hydrogen-bond donors (Lipinski definition) is 2. The third-order valence-electron chi connectivity index (χ3n) is 4.28. The minimum absolute atomic E-state index is 0.0214. The van der Waals surface area contributed by atoms with Gasteiger partial charge in [-0.3, -0.25) is 14.4 Å². The molecule has 25 heavy (non-hydrogen) atoms. The van der Waals surface area contributed by atoms with E-state index in [4.69, 9.17) is 4.74 Å². The van der Waals surface area contributed by atoms with Gasteiger partial charge in [0.15, 0.2) is 0 Å². The van der Waals surface area contributed by atoms with Crippen LogP contribution in [0.2, 0.25) is 0 Å². The molecule has 2 heterocycles. The third-order valence-corrected chi connectivity index (χ3v) is 4.28. The highest BCUT2D eigenvalue weighted by Crippen LogP contribution is 2.23. The van der Waals surface area contributed by atoms with Crippen molar-refractivity contribution in [3.8, 4) is 5.75 Å². The van der Waals surface area contributed by atoms with Crippen molar-refractivity contribution in [1.29, 1.82) is 0 Å². The van der Waals surface area contributed by atoms with Crippen LogP contribution in [-0.4, -0.2) is 54.4 Å². The number of para-hydroxylation sites is 1. The van der Waals surface area contributed by atoms with Crippen LogP contribution in [0.3, 0.4) is 0 Å². The van der Waals surface area contributed by atoms with Gasteiger partial charge in [0.25, 0.3) is 5.91 Å². The second-order valence-electron chi connectivity index (χ2n) is 6.43. The molecule has 7 heteroatoms. The zero-order valence-corrected chi connectivity index (χ0v) is 14.1. The summed E-state index contributed by atoms with van der Waals surface area (Å²) >= 11 is 0. The maximum atomic E-state index is 12.6. The molecular weight excluding hydrogens is 322 g/mol. The molecule has 2 aliphatic rings. The van der Waals surface area contributed by atoms with Crippen LogP contribution >= 0.6 is 0 Å². The zero-order valence-electron chi connectivity index (χ0n) is 14.1. The number of hydrogen-bond acceptors (Lipinski definition) is 4. The van der Waals surface area contributed by atoms with Gasteiger partial charge in [-0.1, -0.05) is 18.7 Å². The monoisotopic (exact) mass is 343 g/mol. The van der Waals surface area contributed by atoms with Crippen molar-refractivity contribution in [3.05, 3.63) is 42.0 Å². The van der Waals surface area contributed by atoms with Crippen LogP contribution in [0.5, 0.6) is 5.75 Å². The number of carbonyl (C=O) groups excluding carboxylic acids is 3. The highest BCUT2D eigenvalue weighted by Gasteiger charge is 2.42. The van der Waals surface area contributed by atoms with E-state index in [9.17, 15) is 14.4 Å². The smallest absolute Gasteiger partial charge is 0.255 e. The number of ether oxygens (including phenoxy) is 1. The van der Waals surface area contributed by atoms with E-state index < -0.39 is 6.04 Å². The fourth-order valence-electron chi connectivity index (χ4n) is 3.09. The third kappa shape index (κ3) is 3.65. The molecule has 0 radical (unpaired) electrons. The first-order valence-corrected chi connectivity index (χ1v) is 8.20. The van der Waals surface area contributed by atoms with Gasteiger partial charge in [-0.25, -0.2) is 0 Å². The lowest BCUT2D eigenvalue weighted by Crippen LogP contribution is -2.55. The van der Waals surface area contributed by atoms with Crippen LogP contribution < -0.4 is 15.4 Å². The molecule has 2 fully saturated rings. The van der Waals surface area contributed by atoms with Crippen LogP contribution in [0.1, 0.15) is 23.7 Å². The maximum Gasteiger partial charge on any atom is 0.255 e. The van der Waals surface area contributed by atoms with Crippen molar-refractivity contribution in [2.24, 2.45) is 0 Å². The molecule has 0 aromatic heterocycles. The Bertz CT molecular complexity index is 707. The molecule has 0 unspecified atom stereocenters. The quantitative estimate of drug-likeness (QED) is 0.761. The molecule has 3 amide bonds. The highest BCUT2D eigenvalue weighted by atomic mass is 16.5. The van der Waals surface area contributed by atoms with Crippen molar-refractivity contribution in [2.75, 3.05) is 19.7 Å². The zero-order chi connectivity index (χ0) is 18.0. The summed E-state index contributed by atoms with van der Waals surface area (Å²) in [5.41, 5.74) is 1.27. The molecule has 1 aromatic carbocycles. The van der Waals surface area contributed by atoms with E-state index in [-0.39, 0.29) is 30.3 Å². The second-order valence-corrected chi connectivity index (χ2v) is 6.43. The molecular formula is C18H21N3O4. The Labute approximate surface area is 146 Å². The van der Waals surface area contributed by atoms with E-state index in [1.165, 1.54) is 4.90 Å². The number of nitrogens with zero attached hydrogens (tertiary/aromatic N) is 1. The Morgan fingerprint density at radius 2 is 2.16 bits per heavy atom. The number of rotatable bonds is 5. The van der Waals surface area contributed by atoms with Crippen LogP contribution in [-0.2, 0) is 9.59 Å². The minimum Gasteiger partial charge on any atom is -0.488 e. The number of fused-ring (bicyclic) bond motifs is 1. The van der Waals surface area contributed by atoms with Crippen LogP contribution in [0.15, 0.2) is 36.4 Å². The molecule has 0 aliphatic carbocycles. The van der Waals surface area contributed by atoms with Crippen molar-refractivity contribution in [1.82, 2.24) is 15.5 Å². The molecule has 2 atom stereocenters. The topological polar surface area (TPSA) is 87.7 Å². The van der Waals surface area contributed by atoms with E-state index in [1.807, 2.05) is 6.92 Å². The van der Waals surface area contributed by atoms with Gasteiger partial charge < -0.3 is 20.3 Å². The van der Waals surface area contributed by atoms with E-state index in [0.29, 0.717) is 30.9 Å². The lowest BCUT2D eigenvalue weighted by Gasteiger charge is -2.28. The molecule has 2 N–H and O–H groups in total. The molecule has 0 bridgehead atoms. The molecule has 0 saturated carbocycles. The molecule has 1 aromatic rings. The summed E-state index contributed by atoms with van der Waals surface area (Å²) in [5.74, 6) is -0.0874. The summed E-state index contributed by atoms with van der Waals surface area (Å²) in [4.78, 5) is 37.9. The van der Waals surface area contributed by atoms with Crippen molar-refractivity contribution in [2.45, 2.75) is 25.4 Å². The summed E-state index contributed by atoms with van der Waals surface area (Å²) in [5, 5.41) is 5.48. The Morgan fingerprint density at radius 1 is 1.40 bits per heavy atom. The standard InChI is InChI=1S/C18H21N3O4/c1-11(2)10-25-15-6-4-3-5-13(15)17(23)20-12-7-14-18(24)19-8-16(22)21(14)9-12/h3-6,12,14H,1,7-10H2,2H3,(H,19,24)(H,20,23)/t12-,14-/m0/s1. The predicted molar refractivity (Wildman–Crippen MR) is 91.1 cm³/mol. The average molecular weight is 343 g/mol. The fourth-order valence-corrected chi connectivity index (χ4v) is 3.09. The summed E-state index contributed by atoms with van der Waals surface area (Å²) < 4.78 is 5.62. The van der Waals surface area contributed by atoms with Crippen molar-refractivity contribution >= 4 is 17.7 Å². The second kappa shape index (κ2) is 6.96. The Kier molecular flexibility index (Phi) is 4.74. The van der Waals surface area contributed by atoms with Gasteiger partial charge in [0.1, 0.15) is 18.4 Å². The van der Waals surface area contributed by atoms with Crippen molar-refractivity contribution in [3.63, 3.8) is 0 Å². The number of amides is 3. The lowest BCUT2D eigenvalue weighted by atomic mass is 10.1. The van der Waals surface area contributed by atoms with E-state index in [2.05, 4.69) is 17.2 Å². The summed E-state index contributed by atoms with van der Waals surface area (Å²) in [7, 11) is 0. The number of benzene rings is 1. The summed E-state index contributed by atoms with van der Waals surface area (Å²) in [6, 6.07) is 6.21. The van der Waals surface area contributed by atoms with E-state index in [0.717, 1.165) is 5.57 Å². The van der Waals surface area contributed by atoms with E-state index >= 15 is 0 Å². The maximum absolute atomic E-state index is 12.6. The first kappa shape index (κ1) is 17.0. The molecule has 3 rings (SSSR count). The minimum atomic E-state index is -0.499. The Balaban J connectivity index is 1.68. The van der Waals surface area contributed by atoms with Gasteiger partial charge in [0, 0.05) is 12.6 Å². The average Bonchev–Trinajstić information content (AvgIpc) is 3.01. The fraction of sp³-hybridized carbons (Fsp3) is 0.389. The number of piperazine rings is 1. The normalized spacial score (nSPS) is 22.2. The van der Waals surface area contributed by atoms with E-state index in [1.54, 1.807) is 24.3 Å². The van der Waals surface area contributed by atoms with Gasteiger partial charge in [0.05, 0.1) is 12.1 Å². The van der Waals surface area contributed by atoms with Gasteiger partial charge in [-0.2, -0.15) is 0 Å². The number of carbonyl (C=O) groups is 3. The van der Waals surface area contributed by atoms with Gasteiger partial charge in [-0.15, -0.1) is 0 Å². The van der Waals surface area contributed by atoms with Crippen LogP contribution in [0.4, 0.5) is 0 Å². The molecule has 2 saturated heterocycles. The van der Waals surface area contributed by atoms with Gasteiger partial charge in [0.2, 0.25) is 11.8 Å². The number of nitrogens with one attached hydrogen (secondary N) is 2. The first-order chi connectivity index (χ1) is 12.0. The Hall–Kier alpha value is -2.83. The molecule has 0 spiro atoms. The van der Waals surface area contributed by atoms with Gasteiger partial charge in [-0.05, 0) is 31.1 Å². The SMILES string of the molecule is C=C(C)COc1ccccc1C(=O)N[C@H]1C[C@H]2C(=O)NCC(=O)N2C1. The Morgan fingerprint density at radius 3 is 2.88 bits per heavy atom. The predicted octanol–water partition coefficient (Wildman–Crippen LogP) is 0.471. The first-order valence-electron chi connectivity index (χ1n) is 8.20.